The van der Waals surface area contributed by atoms with E-state index in [2.05, 4.69) is 5.32 Å². The Kier molecular flexibility index (Phi) is 6.90. The molecule has 1 aromatic rings. The SMILES string of the molecule is COc1ccccc1C(=O)NCC(=O)OCC(=O)N1CCC[C@H]2CCCC[C@H]21. The molecule has 2 atom stereocenters. The fourth-order valence-corrected chi connectivity index (χ4v) is 4.29. The minimum absolute atomic E-state index is 0.138. The van der Waals surface area contributed by atoms with Crippen molar-refractivity contribution < 1.29 is 23.9 Å². The van der Waals surface area contributed by atoms with Gasteiger partial charge < -0.3 is 19.7 Å². The van der Waals surface area contributed by atoms with Gasteiger partial charge in [-0.15, -0.1) is 0 Å². The number of hydrogen-bond acceptors (Lipinski definition) is 5. The Hall–Kier alpha value is -2.57. The molecule has 7 nitrogen and oxygen atoms in total. The Labute approximate surface area is 165 Å². The monoisotopic (exact) mass is 388 g/mol. The Morgan fingerprint density at radius 1 is 1.11 bits per heavy atom. The van der Waals surface area contributed by atoms with E-state index in [4.69, 9.17) is 9.47 Å². The van der Waals surface area contributed by atoms with Crippen LogP contribution in [-0.2, 0) is 14.3 Å². The number of fused-ring (bicyclic) bond motifs is 1. The fourth-order valence-electron chi connectivity index (χ4n) is 4.29. The maximum Gasteiger partial charge on any atom is 0.325 e. The van der Waals surface area contributed by atoms with Gasteiger partial charge in [-0.2, -0.15) is 0 Å². The molecular weight excluding hydrogens is 360 g/mol. The van der Waals surface area contributed by atoms with Crippen LogP contribution < -0.4 is 10.1 Å². The largest absolute Gasteiger partial charge is 0.496 e. The molecule has 152 valence electrons. The lowest BCUT2D eigenvalue weighted by Crippen LogP contribution is -2.51. The highest BCUT2D eigenvalue weighted by Crippen LogP contribution is 2.35. The molecule has 1 heterocycles. The van der Waals surface area contributed by atoms with E-state index in [0.29, 0.717) is 23.3 Å². The molecule has 28 heavy (non-hydrogen) atoms. The number of carbonyl (C=O) groups excluding carboxylic acids is 3. The number of hydrogen-bond donors (Lipinski definition) is 1. The van der Waals surface area contributed by atoms with Crippen LogP contribution in [0.25, 0.3) is 0 Å². The first-order chi connectivity index (χ1) is 13.6. The zero-order valence-corrected chi connectivity index (χ0v) is 16.3. The molecule has 2 amide bonds. The number of methoxy groups -OCH3 is 1. The van der Waals surface area contributed by atoms with Crippen molar-refractivity contribution in [3.05, 3.63) is 29.8 Å². The first-order valence-corrected chi connectivity index (χ1v) is 9.96. The summed E-state index contributed by atoms with van der Waals surface area (Å²) in [6.45, 7) is 0.172. The number of esters is 1. The highest BCUT2D eigenvalue weighted by Gasteiger charge is 2.35. The van der Waals surface area contributed by atoms with E-state index in [-0.39, 0.29) is 19.1 Å². The number of likely N-dealkylation sites (tertiary alicyclic amines) is 1. The van der Waals surface area contributed by atoms with Gasteiger partial charge in [0.15, 0.2) is 6.61 Å². The third-order valence-corrected chi connectivity index (χ3v) is 5.67. The van der Waals surface area contributed by atoms with Gasteiger partial charge in [0.2, 0.25) is 0 Å². The number of amides is 2. The van der Waals surface area contributed by atoms with E-state index in [9.17, 15) is 14.4 Å². The minimum atomic E-state index is -0.631. The first kappa shape index (κ1) is 20.2. The van der Waals surface area contributed by atoms with Gasteiger partial charge in [-0.25, -0.2) is 0 Å². The number of nitrogens with zero attached hydrogens (tertiary/aromatic N) is 1. The van der Waals surface area contributed by atoms with Gasteiger partial charge in [0, 0.05) is 12.6 Å². The van der Waals surface area contributed by atoms with Gasteiger partial charge in [-0.1, -0.05) is 25.0 Å². The topological polar surface area (TPSA) is 84.9 Å². The summed E-state index contributed by atoms with van der Waals surface area (Å²) in [6, 6.07) is 7.04. The lowest BCUT2D eigenvalue weighted by molar-refractivity contribution is -0.154. The van der Waals surface area contributed by atoms with Crippen molar-refractivity contribution in [1.29, 1.82) is 0 Å². The van der Waals surface area contributed by atoms with Crippen LogP contribution in [0.4, 0.5) is 0 Å². The smallest absolute Gasteiger partial charge is 0.325 e. The Morgan fingerprint density at radius 3 is 2.68 bits per heavy atom. The van der Waals surface area contributed by atoms with Crippen LogP contribution >= 0.6 is 0 Å². The van der Waals surface area contributed by atoms with Crippen LogP contribution in [0.2, 0.25) is 0 Å². The van der Waals surface area contributed by atoms with Crippen molar-refractivity contribution in [3.63, 3.8) is 0 Å². The molecule has 0 radical (unpaired) electrons. The summed E-state index contributed by atoms with van der Waals surface area (Å²) in [7, 11) is 1.48. The molecule has 0 aromatic heterocycles. The van der Waals surface area contributed by atoms with E-state index in [0.717, 1.165) is 25.8 Å². The minimum Gasteiger partial charge on any atom is -0.496 e. The summed E-state index contributed by atoms with van der Waals surface area (Å²) in [5.41, 5.74) is 0.338. The van der Waals surface area contributed by atoms with Crippen LogP contribution in [0.1, 0.15) is 48.9 Å². The number of para-hydroxylation sites is 1. The molecular formula is C21H28N2O5. The van der Waals surface area contributed by atoms with Crippen molar-refractivity contribution in [2.75, 3.05) is 26.8 Å². The molecule has 2 fully saturated rings. The van der Waals surface area contributed by atoms with Crippen molar-refractivity contribution in [2.24, 2.45) is 5.92 Å². The van der Waals surface area contributed by atoms with Crippen LogP contribution in [0, 0.1) is 5.92 Å². The third-order valence-electron chi connectivity index (χ3n) is 5.67. The number of piperidine rings is 1. The molecule has 0 bridgehead atoms. The number of carbonyl (C=O) groups is 3. The highest BCUT2D eigenvalue weighted by molar-refractivity contribution is 5.98. The predicted octanol–water partition coefficient (Wildman–Crippen LogP) is 2.15. The second-order valence-corrected chi connectivity index (χ2v) is 7.38. The van der Waals surface area contributed by atoms with Crippen LogP contribution in [0.3, 0.4) is 0 Å². The van der Waals surface area contributed by atoms with Crippen molar-refractivity contribution in [1.82, 2.24) is 10.2 Å². The maximum atomic E-state index is 12.5. The molecule has 1 aromatic carbocycles. The molecule has 1 saturated carbocycles. The second kappa shape index (κ2) is 9.57. The maximum absolute atomic E-state index is 12.5. The highest BCUT2D eigenvalue weighted by atomic mass is 16.5. The molecule has 3 rings (SSSR count). The van der Waals surface area contributed by atoms with Crippen LogP contribution in [0.5, 0.6) is 5.75 Å². The second-order valence-electron chi connectivity index (χ2n) is 7.38. The zero-order valence-electron chi connectivity index (χ0n) is 16.3. The van der Waals surface area contributed by atoms with Crippen LogP contribution in [0.15, 0.2) is 24.3 Å². The van der Waals surface area contributed by atoms with Gasteiger partial charge in [0.1, 0.15) is 12.3 Å². The van der Waals surface area contributed by atoms with E-state index < -0.39 is 11.9 Å². The van der Waals surface area contributed by atoms with Gasteiger partial charge in [0.05, 0.1) is 12.7 Å². The molecule has 0 unspecified atom stereocenters. The summed E-state index contributed by atoms with van der Waals surface area (Å²) in [5.74, 6) is -0.186. The standard InChI is InChI=1S/C21H28N2O5/c1-27-18-11-5-3-9-16(18)21(26)22-13-20(25)28-14-19(24)23-12-6-8-15-7-2-4-10-17(15)23/h3,5,9,11,15,17H,2,4,6-8,10,12-14H2,1H3,(H,22,26)/t15-,17-/m1/s1. The normalized spacial score (nSPS) is 21.4. The number of ether oxygens (including phenoxy) is 2. The Morgan fingerprint density at radius 2 is 1.86 bits per heavy atom. The molecule has 1 saturated heterocycles. The van der Waals surface area contributed by atoms with Crippen LogP contribution in [-0.4, -0.2) is 55.5 Å². The number of nitrogens with one attached hydrogen (secondary N) is 1. The van der Waals surface area contributed by atoms with Gasteiger partial charge in [-0.05, 0) is 43.7 Å². The number of benzene rings is 1. The van der Waals surface area contributed by atoms with Gasteiger partial charge in [-0.3, -0.25) is 14.4 Å². The average Bonchev–Trinajstić information content (AvgIpc) is 2.75. The summed E-state index contributed by atoms with van der Waals surface area (Å²) in [4.78, 5) is 38.6. The summed E-state index contributed by atoms with van der Waals surface area (Å²) < 4.78 is 10.2. The van der Waals surface area contributed by atoms with Crippen molar-refractivity contribution in [3.8, 4) is 5.75 Å². The van der Waals surface area contributed by atoms with Gasteiger partial charge in [0.25, 0.3) is 11.8 Å². The van der Waals surface area contributed by atoms with Crippen molar-refractivity contribution in [2.45, 2.75) is 44.6 Å². The molecule has 1 aliphatic carbocycles. The summed E-state index contributed by atoms with van der Waals surface area (Å²) in [6.07, 6.45) is 6.81. The number of rotatable bonds is 6. The Balaban J connectivity index is 1.45. The predicted molar refractivity (Wildman–Crippen MR) is 103 cm³/mol. The van der Waals surface area contributed by atoms with Crippen molar-refractivity contribution >= 4 is 17.8 Å². The summed E-state index contributed by atoms with van der Waals surface area (Å²) in [5, 5.41) is 2.50. The quantitative estimate of drug-likeness (QED) is 0.755. The van der Waals surface area contributed by atoms with E-state index in [1.165, 1.54) is 26.4 Å². The third kappa shape index (κ3) is 4.82. The molecule has 2 aliphatic rings. The zero-order chi connectivity index (χ0) is 19.9. The Bertz CT molecular complexity index is 719. The average molecular weight is 388 g/mol. The molecule has 0 spiro atoms. The lowest BCUT2D eigenvalue weighted by atomic mass is 9.78. The van der Waals surface area contributed by atoms with Gasteiger partial charge >= 0.3 is 5.97 Å². The first-order valence-electron chi connectivity index (χ1n) is 9.96. The van der Waals surface area contributed by atoms with E-state index in [1.54, 1.807) is 24.3 Å². The lowest BCUT2D eigenvalue weighted by Gasteiger charge is -2.44. The van der Waals surface area contributed by atoms with E-state index in [1.807, 2.05) is 4.90 Å². The molecule has 1 N–H and O–H groups in total. The summed E-state index contributed by atoms with van der Waals surface area (Å²) >= 11 is 0. The molecule has 1 aliphatic heterocycles. The van der Waals surface area contributed by atoms with E-state index >= 15 is 0 Å². The molecule has 7 heteroatoms. The fraction of sp³-hybridized carbons (Fsp3) is 0.571.